The summed E-state index contributed by atoms with van der Waals surface area (Å²) in [5.41, 5.74) is 6.02. The molecule has 0 heterocycles. The van der Waals surface area contributed by atoms with Crippen LogP contribution in [-0.4, -0.2) is 31.6 Å². The number of urea groups is 1. The Bertz CT molecular complexity index is 459. The average molecular weight is 280 g/mol. The van der Waals surface area contributed by atoms with Crippen molar-refractivity contribution in [1.29, 1.82) is 0 Å². The first-order valence-electron chi connectivity index (χ1n) is 6.58. The minimum Gasteiger partial charge on any atom is -0.494 e. The molecule has 0 spiro atoms. The van der Waals surface area contributed by atoms with E-state index in [-0.39, 0.29) is 11.9 Å². The number of hydrogen-bond donors (Lipinski definition) is 3. The highest BCUT2D eigenvalue weighted by Gasteiger charge is 2.22. The molecule has 0 saturated carbocycles. The van der Waals surface area contributed by atoms with Gasteiger partial charge in [0.05, 0.1) is 13.7 Å². The Labute approximate surface area is 118 Å². The minimum atomic E-state index is -0.823. The maximum absolute atomic E-state index is 11.7. The fraction of sp³-hybridized carbons (Fsp3) is 0.429. The molecule has 6 heteroatoms. The zero-order chi connectivity index (χ0) is 15.1. The first kappa shape index (κ1) is 16.0. The molecular formula is C14H22N3O3+. The number of amides is 3. The molecule has 110 valence electrons. The van der Waals surface area contributed by atoms with Crippen molar-refractivity contribution in [3.05, 3.63) is 29.8 Å². The molecule has 0 aromatic heterocycles. The molecule has 1 unspecified atom stereocenters. The second kappa shape index (κ2) is 7.49. The van der Waals surface area contributed by atoms with Gasteiger partial charge in [-0.3, -0.25) is 10.1 Å². The van der Waals surface area contributed by atoms with E-state index in [0.29, 0.717) is 13.2 Å². The van der Waals surface area contributed by atoms with Crippen LogP contribution in [0, 0.1) is 0 Å². The standard InChI is InChI=1S/C14H21N3O3/c1-4-20-12-7-5-11(6-8-12)9-17(3)10(2)13(18)16-14(15)19/h5-8,10H,4,9H2,1-3H3,(H3,15,16,18,19)/p+1/t10-/m1/s1. The number of quaternary nitrogens is 1. The molecule has 1 aromatic carbocycles. The molecule has 0 radical (unpaired) electrons. The molecule has 3 amide bonds. The molecular weight excluding hydrogens is 258 g/mol. The Morgan fingerprint density at radius 3 is 2.45 bits per heavy atom. The monoisotopic (exact) mass is 280 g/mol. The Morgan fingerprint density at radius 1 is 1.35 bits per heavy atom. The highest BCUT2D eigenvalue weighted by molar-refractivity contribution is 5.95. The van der Waals surface area contributed by atoms with Crippen molar-refractivity contribution >= 4 is 11.9 Å². The van der Waals surface area contributed by atoms with Crippen LogP contribution in [0.5, 0.6) is 5.75 Å². The van der Waals surface area contributed by atoms with Gasteiger partial charge in [-0.05, 0) is 38.1 Å². The van der Waals surface area contributed by atoms with Gasteiger partial charge < -0.3 is 15.4 Å². The third kappa shape index (κ3) is 4.89. The van der Waals surface area contributed by atoms with Gasteiger partial charge >= 0.3 is 6.03 Å². The van der Waals surface area contributed by atoms with Crippen molar-refractivity contribution in [1.82, 2.24) is 5.32 Å². The largest absolute Gasteiger partial charge is 0.494 e. The summed E-state index contributed by atoms with van der Waals surface area (Å²) in [5.74, 6) is 0.453. The van der Waals surface area contributed by atoms with Gasteiger partial charge in [0, 0.05) is 5.56 Å². The van der Waals surface area contributed by atoms with E-state index < -0.39 is 6.03 Å². The van der Waals surface area contributed by atoms with Gasteiger partial charge in [-0.2, -0.15) is 0 Å². The Hall–Kier alpha value is -2.08. The topological polar surface area (TPSA) is 85.9 Å². The van der Waals surface area contributed by atoms with Gasteiger partial charge in [-0.1, -0.05) is 0 Å². The molecule has 20 heavy (non-hydrogen) atoms. The highest BCUT2D eigenvalue weighted by Crippen LogP contribution is 2.11. The van der Waals surface area contributed by atoms with Crippen molar-refractivity contribution in [3.8, 4) is 5.75 Å². The van der Waals surface area contributed by atoms with Crippen molar-refractivity contribution in [2.45, 2.75) is 26.4 Å². The first-order chi connectivity index (χ1) is 9.43. The summed E-state index contributed by atoms with van der Waals surface area (Å²) < 4.78 is 5.37. The molecule has 1 aromatic rings. The van der Waals surface area contributed by atoms with Crippen LogP contribution >= 0.6 is 0 Å². The van der Waals surface area contributed by atoms with E-state index in [1.165, 1.54) is 0 Å². The van der Waals surface area contributed by atoms with E-state index in [1.807, 2.05) is 38.2 Å². The fourth-order valence-electron chi connectivity index (χ4n) is 1.80. The lowest BCUT2D eigenvalue weighted by molar-refractivity contribution is -0.908. The van der Waals surface area contributed by atoms with Crippen LogP contribution in [0.4, 0.5) is 4.79 Å². The number of likely N-dealkylation sites (N-methyl/N-ethyl adjacent to an activating group) is 1. The predicted octanol–water partition coefficient (Wildman–Crippen LogP) is -0.317. The van der Waals surface area contributed by atoms with Gasteiger partial charge in [-0.15, -0.1) is 0 Å². The maximum atomic E-state index is 11.7. The number of benzene rings is 1. The van der Waals surface area contributed by atoms with E-state index >= 15 is 0 Å². The number of carbonyl (C=O) groups is 2. The number of ether oxygens (including phenoxy) is 1. The molecule has 0 aliphatic carbocycles. The zero-order valence-corrected chi connectivity index (χ0v) is 12.1. The van der Waals surface area contributed by atoms with Crippen LogP contribution in [0.15, 0.2) is 24.3 Å². The van der Waals surface area contributed by atoms with E-state index in [1.54, 1.807) is 6.92 Å². The number of carbonyl (C=O) groups excluding carboxylic acids is 2. The van der Waals surface area contributed by atoms with Gasteiger partial charge in [0.15, 0.2) is 6.04 Å². The average Bonchev–Trinajstić information content (AvgIpc) is 2.39. The molecule has 0 saturated heterocycles. The quantitative estimate of drug-likeness (QED) is 0.668. The van der Waals surface area contributed by atoms with E-state index in [9.17, 15) is 9.59 Å². The van der Waals surface area contributed by atoms with E-state index in [4.69, 9.17) is 10.5 Å². The maximum Gasteiger partial charge on any atom is 0.319 e. The molecule has 4 N–H and O–H groups in total. The summed E-state index contributed by atoms with van der Waals surface area (Å²) in [6.45, 7) is 4.99. The third-order valence-electron chi connectivity index (χ3n) is 3.10. The van der Waals surface area contributed by atoms with Crippen LogP contribution in [0.3, 0.4) is 0 Å². The van der Waals surface area contributed by atoms with Crippen LogP contribution in [0.2, 0.25) is 0 Å². The van der Waals surface area contributed by atoms with Crippen LogP contribution in [-0.2, 0) is 11.3 Å². The highest BCUT2D eigenvalue weighted by atomic mass is 16.5. The minimum absolute atomic E-state index is 0.367. The summed E-state index contributed by atoms with van der Waals surface area (Å²) >= 11 is 0. The number of nitrogens with two attached hydrogens (primary N) is 1. The lowest BCUT2D eigenvalue weighted by atomic mass is 10.2. The third-order valence-corrected chi connectivity index (χ3v) is 3.10. The predicted molar refractivity (Wildman–Crippen MR) is 75.4 cm³/mol. The molecule has 2 atom stereocenters. The van der Waals surface area contributed by atoms with Gasteiger partial charge in [0.2, 0.25) is 0 Å². The van der Waals surface area contributed by atoms with Crippen molar-refractivity contribution < 1.29 is 19.2 Å². The molecule has 0 fully saturated rings. The molecule has 0 bridgehead atoms. The Balaban J connectivity index is 2.58. The van der Waals surface area contributed by atoms with Crippen LogP contribution in [0.1, 0.15) is 19.4 Å². The van der Waals surface area contributed by atoms with E-state index in [2.05, 4.69) is 5.32 Å². The van der Waals surface area contributed by atoms with Crippen molar-refractivity contribution in [2.24, 2.45) is 5.73 Å². The van der Waals surface area contributed by atoms with Crippen molar-refractivity contribution in [2.75, 3.05) is 13.7 Å². The number of primary amides is 1. The Morgan fingerprint density at radius 2 is 1.95 bits per heavy atom. The molecule has 0 aliphatic heterocycles. The summed E-state index contributed by atoms with van der Waals surface area (Å²) in [7, 11) is 1.89. The molecule has 0 aliphatic rings. The molecule has 1 rings (SSSR count). The van der Waals surface area contributed by atoms with Gasteiger partial charge in [0.25, 0.3) is 5.91 Å². The summed E-state index contributed by atoms with van der Waals surface area (Å²) in [6.07, 6.45) is 0. The Kier molecular flexibility index (Phi) is 5.99. The van der Waals surface area contributed by atoms with Crippen LogP contribution < -0.4 is 20.7 Å². The molecule has 6 nitrogen and oxygen atoms in total. The fourth-order valence-corrected chi connectivity index (χ4v) is 1.80. The number of imide groups is 1. The van der Waals surface area contributed by atoms with Crippen LogP contribution in [0.25, 0.3) is 0 Å². The number of rotatable bonds is 6. The second-order valence-electron chi connectivity index (χ2n) is 4.68. The smallest absolute Gasteiger partial charge is 0.319 e. The normalized spacial score (nSPS) is 13.3. The number of nitrogens with one attached hydrogen (secondary N) is 2. The zero-order valence-electron chi connectivity index (χ0n) is 12.1. The second-order valence-corrected chi connectivity index (χ2v) is 4.68. The van der Waals surface area contributed by atoms with E-state index in [0.717, 1.165) is 16.2 Å². The SMILES string of the molecule is CCOc1ccc(C[NH+](C)[C@H](C)C(=O)NC(N)=O)cc1. The number of hydrogen-bond acceptors (Lipinski definition) is 3. The van der Waals surface area contributed by atoms with Crippen molar-refractivity contribution in [3.63, 3.8) is 0 Å². The summed E-state index contributed by atoms with van der Waals surface area (Å²) in [6, 6.07) is 6.55. The summed E-state index contributed by atoms with van der Waals surface area (Å²) in [5, 5.41) is 2.09. The van der Waals surface area contributed by atoms with Gasteiger partial charge in [0.1, 0.15) is 12.3 Å². The van der Waals surface area contributed by atoms with Gasteiger partial charge in [-0.25, -0.2) is 4.79 Å². The lowest BCUT2D eigenvalue weighted by Gasteiger charge is -2.20. The first-order valence-corrected chi connectivity index (χ1v) is 6.58. The lowest BCUT2D eigenvalue weighted by Crippen LogP contribution is -3.12. The summed E-state index contributed by atoms with van der Waals surface area (Å²) in [4.78, 5) is 23.3.